The summed E-state index contributed by atoms with van der Waals surface area (Å²) >= 11 is 0. The molecule has 1 unspecified atom stereocenters. The van der Waals surface area contributed by atoms with Crippen molar-refractivity contribution < 1.29 is 43.9 Å². The van der Waals surface area contributed by atoms with E-state index in [-0.39, 0.29) is 60.2 Å². The van der Waals surface area contributed by atoms with Crippen LogP contribution in [0.1, 0.15) is 54.0 Å². The predicted molar refractivity (Wildman–Crippen MR) is 199 cm³/mol. The second-order valence-electron chi connectivity index (χ2n) is 14.7. The van der Waals surface area contributed by atoms with Crippen molar-refractivity contribution in [3.8, 4) is 28.7 Å². The zero-order valence-electron chi connectivity index (χ0n) is 30.1. The van der Waals surface area contributed by atoms with Gasteiger partial charge in [-0.15, -0.1) is 0 Å². The second-order valence-corrected chi connectivity index (χ2v) is 14.7. The second kappa shape index (κ2) is 14.9. The van der Waals surface area contributed by atoms with E-state index in [1.807, 2.05) is 36.4 Å². The maximum atomic E-state index is 14.0. The Morgan fingerprint density at radius 2 is 1.74 bits per heavy atom. The third-order valence-corrected chi connectivity index (χ3v) is 11.3. The van der Waals surface area contributed by atoms with E-state index < -0.39 is 17.7 Å². The summed E-state index contributed by atoms with van der Waals surface area (Å²) in [6.07, 6.45) is 2.61. The average molecular weight is 736 g/mol. The molecule has 2 saturated carbocycles. The lowest BCUT2D eigenvalue weighted by molar-refractivity contribution is -0.171. The number of esters is 1. The summed E-state index contributed by atoms with van der Waals surface area (Å²) < 4.78 is 23.8. The molecule has 2 heterocycles. The van der Waals surface area contributed by atoms with Crippen molar-refractivity contribution in [2.75, 3.05) is 38.7 Å². The Morgan fingerprint density at radius 3 is 2.48 bits per heavy atom. The molecule has 4 aromatic carbocycles. The number of hydrogen-bond acceptors (Lipinski definition) is 11. The van der Waals surface area contributed by atoms with Crippen LogP contribution in [0.4, 0.5) is 5.69 Å². The van der Waals surface area contributed by atoms with Crippen molar-refractivity contribution in [2.45, 2.75) is 56.1 Å². The standard InChI is InChI=1S/C42H45N3O9/c1-45(19-6-20-51-27-14-11-25(12-15-27)22-43-23-34(47)29-17-18-33(46)38-40(29)52-24-37(48)44-38)32-21-26-13-16-28(32)39(26)54-41(49)42(50)30-7-2-4-9-35(30)53-36-10-5-3-8-31(36)42/h2-5,7-12,14-15,17-18,26,28,32,34,39,43,46-47,50H,6,13,16,19-24H2,1H3,(H,44,48)/t26-,28-,32?,34+,39-/m1/s1. The Kier molecular flexibility index (Phi) is 9.93. The molecule has 0 saturated heterocycles. The molecule has 2 bridgehead atoms. The summed E-state index contributed by atoms with van der Waals surface area (Å²) in [6.45, 7) is 1.98. The van der Waals surface area contributed by atoms with Gasteiger partial charge in [-0.3, -0.25) is 4.79 Å². The molecular formula is C42H45N3O9. The number of amides is 1. The van der Waals surface area contributed by atoms with Crippen LogP contribution in [-0.2, 0) is 26.5 Å². The van der Waals surface area contributed by atoms with Crippen LogP contribution in [-0.4, -0.2) is 77.6 Å². The molecule has 282 valence electrons. The van der Waals surface area contributed by atoms with Gasteiger partial charge >= 0.3 is 5.97 Å². The Morgan fingerprint density at radius 1 is 1.02 bits per heavy atom. The van der Waals surface area contributed by atoms with Crippen LogP contribution in [0.2, 0.25) is 0 Å². The van der Waals surface area contributed by atoms with Gasteiger partial charge in [0.2, 0.25) is 5.60 Å². The van der Waals surface area contributed by atoms with Crippen molar-refractivity contribution in [1.82, 2.24) is 10.2 Å². The van der Waals surface area contributed by atoms with E-state index in [1.54, 1.807) is 42.5 Å². The highest BCUT2D eigenvalue weighted by molar-refractivity contribution is 5.97. The first kappa shape index (κ1) is 35.9. The van der Waals surface area contributed by atoms with Crippen molar-refractivity contribution in [3.63, 3.8) is 0 Å². The number of rotatable bonds is 13. The Balaban J connectivity index is 0.794. The summed E-state index contributed by atoms with van der Waals surface area (Å²) in [6, 6.07) is 25.3. The van der Waals surface area contributed by atoms with Gasteiger partial charge in [0.05, 0.1) is 12.7 Å². The molecule has 12 nitrogen and oxygen atoms in total. The number of aromatic hydroxyl groups is 1. The fourth-order valence-corrected chi connectivity index (χ4v) is 8.60. The van der Waals surface area contributed by atoms with Crippen LogP contribution >= 0.6 is 0 Å². The number of ether oxygens (including phenoxy) is 4. The molecule has 5 atom stereocenters. The summed E-state index contributed by atoms with van der Waals surface area (Å²) in [5, 5.41) is 38.8. The number of aliphatic hydroxyl groups is 2. The summed E-state index contributed by atoms with van der Waals surface area (Å²) in [5.74, 6) is 1.28. The number of nitrogens with zero attached hydrogens (tertiary/aromatic N) is 1. The van der Waals surface area contributed by atoms with Crippen LogP contribution in [0.5, 0.6) is 28.7 Å². The normalized spacial score (nSPS) is 22.3. The van der Waals surface area contributed by atoms with Gasteiger partial charge in [-0.05, 0) is 80.6 Å². The highest BCUT2D eigenvalue weighted by Gasteiger charge is 2.55. The van der Waals surface area contributed by atoms with Gasteiger partial charge in [-0.1, -0.05) is 48.5 Å². The van der Waals surface area contributed by atoms with Gasteiger partial charge in [-0.25, -0.2) is 4.79 Å². The van der Waals surface area contributed by atoms with Crippen molar-refractivity contribution in [2.24, 2.45) is 11.8 Å². The Bertz CT molecular complexity index is 1980. The number of hydrogen-bond donors (Lipinski definition) is 5. The molecule has 0 aromatic heterocycles. The first-order chi connectivity index (χ1) is 26.2. The highest BCUT2D eigenvalue weighted by Crippen LogP contribution is 2.51. The Hall–Kier alpha value is -5.14. The topological polar surface area (TPSA) is 159 Å². The number of carbonyl (C=O) groups is 2. The van der Waals surface area contributed by atoms with Gasteiger partial charge in [0.15, 0.2) is 12.4 Å². The van der Waals surface area contributed by atoms with Crippen LogP contribution in [0.15, 0.2) is 84.9 Å². The molecule has 4 aliphatic rings. The van der Waals surface area contributed by atoms with Crippen molar-refractivity contribution >= 4 is 17.6 Å². The minimum Gasteiger partial charge on any atom is -0.506 e. The third-order valence-electron chi connectivity index (χ3n) is 11.3. The zero-order chi connectivity index (χ0) is 37.4. The molecule has 0 radical (unpaired) electrons. The SMILES string of the molecule is CN(CCCOc1ccc(CNC[C@H](O)c2ccc(O)c3c2OCC(=O)N3)cc1)C1C[C@H]2CC[C@H]1[C@@H]2OC(=O)C1(O)c2ccccc2Oc2ccccc21. The van der Waals surface area contributed by atoms with Crippen molar-refractivity contribution in [1.29, 1.82) is 0 Å². The van der Waals surface area contributed by atoms with Crippen LogP contribution < -0.4 is 24.8 Å². The third kappa shape index (κ3) is 6.75. The minimum absolute atomic E-state index is 0.113. The fraction of sp³-hybridized carbons (Fsp3) is 0.381. The number of para-hydroxylation sites is 2. The Labute approximate surface area is 313 Å². The summed E-state index contributed by atoms with van der Waals surface area (Å²) in [5.41, 5.74) is 0.526. The summed E-state index contributed by atoms with van der Waals surface area (Å²) in [4.78, 5) is 28.0. The quantitative estimate of drug-likeness (QED) is 0.0715. The average Bonchev–Trinajstić information content (AvgIpc) is 3.74. The number of phenols is 1. The molecule has 1 amide bonds. The van der Waals surface area contributed by atoms with E-state index in [4.69, 9.17) is 18.9 Å². The minimum atomic E-state index is -1.95. The molecule has 2 fully saturated rings. The van der Waals surface area contributed by atoms with Crippen LogP contribution in [0, 0.1) is 11.8 Å². The van der Waals surface area contributed by atoms with E-state index in [1.165, 1.54) is 6.07 Å². The number of benzene rings is 4. The molecule has 8 rings (SSSR count). The number of nitrogens with one attached hydrogen (secondary N) is 2. The molecule has 54 heavy (non-hydrogen) atoms. The maximum Gasteiger partial charge on any atom is 0.348 e. The van der Waals surface area contributed by atoms with Crippen LogP contribution in [0.3, 0.4) is 0 Å². The largest absolute Gasteiger partial charge is 0.506 e. The zero-order valence-corrected chi connectivity index (χ0v) is 30.1. The highest BCUT2D eigenvalue weighted by atomic mass is 16.6. The lowest BCUT2D eigenvalue weighted by atomic mass is 9.83. The fourth-order valence-electron chi connectivity index (χ4n) is 8.60. The molecular weight excluding hydrogens is 690 g/mol. The number of fused-ring (bicyclic) bond motifs is 5. The number of carbonyl (C=O) groups excluding carboxylic acids is 2. The molecule has 2 aliphatic heterocycles. The van der Waals surface area contributed by atoms with Gasteiger partial charge in [0.1, 0.15) is 34.8 Å². The number of phenolic OH excluding ortho intramolecular Hbond substituents is 1. The first-order valence-corrected chi connectivity index (χ1v) is 18.6. The lowest BCUT2D eigenvalue weighted by Crippen LogP contribution is -2.44. The molecule has 12 heteroatoms. The molecule has 2 aliphatic carbocycles. The first-order valence-electron chi connectivity index (χ1n) is 18.6. The maximum absolute atomic E-state index is 14.0. The van der Waals surface area contributed by atoms with E-state index in [0.29, 0.717) is 41.3 Å². The van der Waals surface area contributed by atoms with Gasteiger partial charge in [0, 0.05) is 48.3 Å². The number of anilines is 1. The predicted octanol–water partition coefficient (Wildman–Crippen LogP) is 5.00. The van der Waals surface area contributed by atoms with Crippen molar-refractivity contribution in [3.05, 3.63) is 107 Å². The monoisotopic (exact) mass is 735 g/mol. The lowest BCUT2D eigenvalue weighted by Gasteiger charge is -2.35. The van der Waals surface area contributed by atoms with Gasteiger partial charge in [0.25, 0.3) is 5.91 Å². The van der Waals surface area contributed by atoms with Gasteiger partial charge in [-0.2, -0.15) is 0 Å². The molecule has 4 aromatic rings. The van der Waals surface area contributed by atoms with Crippen LogP contribution in [0.25, 0.3) is 0 Å². The van der Waals surface area contributed by atoms with E-state index in [0.717, 1.165) is 43.5 Å². The van der Waals surface area contributed by atoms with E-state index >= 15 is 0 Å². The number of aliphatic hydroxyl groups excluding tert-OH is 1. The molecule has 5 N–H and O–H groups in total. The summed E-state index contributed by atoms with van der Waals surface area (Å²) in [7, 11) is 2.13. The van der Waals surface area contributed by atoms with E-state index in [2.05, 4.69) is 22.6 Å². The molecule has 0 spiro atoms. The smallest absolute Gasteiger partial charge is 0.348 e. The van der Waals surface area contributed by atoms with E-state index in [9.17, 15) is 24.9 Å². The van der Waals surface area contributed by atoms with Gasteiger partial charge < -0.3 is 49.8 Å².